The minimum atomic E-state index is -0.725. The maximum atomic E-state index is 11.9. The number of hydrogen-bond acceptors (Lipinski definition) is 5. The lowest BCUT2D eigenvalue weighted by Gasteiger charge is -2.29. The van der Waals surface area contributed by atoms with Crippen LogP contribution in [0, 0.1) is 0 Å². The first-order valence-corrected chi connectivity index (χ1v) is 8.49. The molecule has 0 aliphatic carbocycles. The average Bonchev–Trinajstić information content (AvgIpc) is 2.68. The molecule has 0 spiro atoms. The molecule has 1 amide bonds. The summed E-state index contributed by atoms with van der Waals surface area (Å²) in [6.45, 7) is 3.44. The molecule has 3 rings (SSSR count). The van der Waals surface area contributed by atoms with Crippen LogP contribution in [0.15, 0.2) is 48.8 Å². The third kappa shape index (κ3) is 5.01. The molecule has 1 atom stereocenters. The van der Waals surface area contributed by atoms with E-state index >= 15 is 0 Å². The molecular weight excluding hydrogens is 318 g/mol. The van der Waals surface area contributed by atoms with Gasteiger partial charge < -0.3 is 20.1 Å². The van der Waals surface area contributed by atoms with E-state index in [4.69, 9.17) is 4.74 Å². The molecule has 25 heavy (non-hydrogen) atoms. The highest BCUT2D eigenvalue weighted by atomic mass is 16.5. The fraction of sp³-hybridized carbons (Fsp3) is 0.368. The lowest BCUT2D eigenvalue weighted by Crippen LogP contribution is -2.36. The number of benzene rings is 1. The summed E-state index contributed by atoms with van der Waals surface area (Å²) in [5, 5.41) is 13.0. The molecule has 0 radical (unpaired) electrons. The Labute approximate surface area is 147 Å². The van der Waals surface area contributed by atoms with E-state index in [1.165, 1.54) is 0 Å². The van der Waals surface area contributed by atoms with Crippen LogP contribution in [-0.4, -0.2) is 48.8 Å². The number of rotatable bonds is 6. The van der Waals surface area contributed by atoms with Crippen molar-refractivity contribution < 1.29 is 14.6 Å². The van der Waals surface area contributed by atoms with Gasteiger partial charge in [0, 0.05) is 37.7 Å². The smallest absolute Gasteiger partial charge is 0.224 e. The standard InChI is InChI=1S/C19H23N3O3/c23-18(14-21-19(24)12-15-2-1-7-20-13-15)16-3-5-17(6-4-16)22-8-10-25-11-9-22/h1-7,13,18,23H,8-12,14H2,(H,21,24). The third-order valence-electron chi connectivity index (χ3n) is 4.23. The fourth-order valence-electron chi connectivity index (χ4n) is 2.81. The van der Waals surface area contributed by atoms with Crippen LogP contribution in [0.1, 0.15) is 17.2 Å². The number of hydrogen-bond donors (Lipinski definition) is 2. The lowest BCUT2D eigenvalue weighted by molar-refractivity contribution is -0.120. The summed E-state index contributed by atoms with van der Waals surface area (Å²) in [4.78, 5) is 18.2. The van der Waals surface area contributed by atoms with Crippen molar-refractivity contribution in [2.75, 3.05) is 37.7 Å². The van der Waals surface area contributed by atoms with E-state index in [0.717, 1.165) is 43.1 Å². The zero-order valence-electron chi connectivity index (χ0n) is 14.1. The van der Waals surface area contributed by atoms with Gasteiger partial charge in [0.15, 0.2) is 0 Å². The van der Waals surface area contributed by atoms with Crippen molar-refractivity contribution in [1.29, 1.82) is 0 Å². The van der Waals surface area contributed by atoms with Gasteiger partial charge in [0.1, 0.15) is 0 Å². The van der Waals surface area contributed by atoms with Crippen molar-refractivity contribution in [2.24, 2.45) is 0 Å². The number of nitrogens with zero attached hydrogens (tertiary/aromatic N) is 2. The summed E-state index contributed by atoms with van der Waals surface area (Å²) in [5.41, 5.74) is 2.77. The van der Waals surface area contributed by atoms with Crippen LogP contribution in [0.25, 0.3) is 0 Å². The number of aliphatic hydroxyl groups excluding tert-OH is 1. The van der Waals surface area contributed by atoms with Gasteiger partial charge in [0.2, 0.25) is 5.91 Å². The number of aromatic nitrogens is 1. The van der Waals surface area contributed by atoms with Gasteiger partial charge in [-0.1, -0.05) is 18.2 Å². The van der Waals surface area contributed by atoms with Crippen molar-refractivity contribution in [1.82, 2.24) is 10.3 Å². The van der Waals surface area contributed by atoms with Crippen LogP contribution >= 0.6 is 0 Å². The highest BCUT2D eigenvalue weighted by Crippen LogP contribution is 2.20. The van der Waals surface area contributed by atoms with Gasteiger partial charge in [0.25, 0.3) is 0 Å². The zero-order valence-corrected chi connectivity index (χ0v) is 14.1. The minimum Gasteiger partial charge on any atom is -0.387 e. The molecule has 2 N–H and O–H groups in total. The second kappa shape index (κ2) is 8.60. The van der Waals surface area contributed by atoms with Gasteiger partial charge in [0.05, 0.1) is 25.7 Å². The first kappa shape index (κ1) is 17.4. The molecule has 1 aliphatic heterocycles. The highest BCUT2D eigenvalue weighted by molar-refractivity contribution is 5.78. The van der Waals surface area contributed by atoms with Crippen LogP contribution in [-0.2, 0) is 16.0 Å². The molecule has 1 aromatic heterocycles. The fourth-order valence-corrected chi connectivity index (χ4v) is 2.81. The zero-order chi connectivity index (χ0) is 17.5. The molecule has 6 nitrogen and oxygen atoms in total. The number of carbonyl (C=O) groups is 1. The van der Waals surface area contributed by atoms with Crippen LogP contribution in [0.4, 0.5) is 5.69 Å². The SMILES string of the molecule is O=C(Cc1cccnc1)NCC(O)c1ccc(N2CCOCC2)cc1. The maximum absolute atomic E-state index is 11.9. The predicted molar refractivity (Wildman–Crippen MR) is 95.4 cm³/mol. The number of aliphatic hydroxyl groups is 1. The topological polar surface area (TPSA) is 74.7 Å². The van der Waals surface area contributed by atoms with Gasteiger partial charge in [-0.2, -0.15) is 0 Å². The largest absolute Gasteiger partial charge is 0.387 e. The molecule has 1 fully saturated rings. The molecule has 1 saturated heterocycles. The lowest BCUT2D eigenvalue weighted by atomic mass is 10.1. The Morgan fingerprint density at radius 2 is 2.00 bits per heavy atom. The molecule has 2 aromatic rings. The summed E-state index contributed by atoms with van der Waals surface area (Å²) in [6, 6.07) is 11.5. The van der Waals surface area contributed by atoms with E-state index < -0.39 is 6.10 Å². The molecule has 0 bridgehead atoms. The molecular formula is C19H23N3O3. The van der Waals surface area contributed by atoms with Crippen molar-refractivity contribution in [3.05, 3.63) is 59.9 Å². The average molecular weight is 341 g/mol. The highest BCUT2D eigenvalue weighted by Gasteiger charge is 2.13. The summed E-state index contributed by atoms with van der Waals surface area (Å²) in [7, 11) is 0. The van der Waals surface area contributed by atoms with Gasteiger partial charge in [-0.25, -0.2) is 0 Å². The first-order chi connectivity index (χ1) is 12.2. The molecule has 6 heteroatoms. The van der Waals surface area contributed by atoms with E-state index in [0.29, 0.717) is 0 Å². The Bertz CT molecular complexity index is 670. The van der Waals surface area contributed by atoms with E-state index in [2.05, 4.69) is 15.2 Å². The van der Waals surface area contributed by atoms with Gasteiger partial charge in [-0.15, -0.1) is 0 Å². The second-order valence-electron chi connectivity index (χ2n) is 6.05. The minimum absolute atomic E-state index is 0.128. The van der Waals surface area contributed by atoms with E-state index in [9.17, 15) is 9.90 Å². The predicted octanol–water partition coefficient (Wildman–Crippen LogP) is 1.31. The van der Waals surface area contributed by atoms with Crippen molar-refractivity contribution in [3.8, 4) is 0 Å². The third-order valence-corrected chi connectivity index (χ3v) is 4.23. The van der Waals surface area contributed by atoms with E-state index in [1.54, 1.807) is 18.5 Å². The molecule has 1 aromatic carbocycles. The quantitative estimate of drug-likeness (QED) is 0.829. The molecule has 132 valence electrons. The second-order valence-corrected chi connectivity index (χ2v) is 6.05. The molecule has 0 saturated carbocycles. The number of pyridine rings is 1. The van der Waals surface area contributed by atoms with Crippen molar-refractivity contribution in [3.63, 3.8) is 0 Å². The first-order valence-electron chi connectivity index (χ1n) is 8.49. The summed E-state index contributed by atoms with van der Waals surface area (Å²) in [6.07, 6.45) is 2.87. The van der Waals surface area contributed by atoms with Gasteiger partial charge in [-0.05, 0) is 29.3 Å². The van der Waals surface area contributed by atoms with Crippen LogP contribution in [0.5, 0.6) is 0 Å². The number of amides is 1. The molecule has 1 unspecified atom stereocenters. The molecule has 2 heterocycles. The Morgan fingerprint density at radius 3 is 2.68 bits per heavy atom. The van der Waals surface area contributed by atoms with Crippen molar-refractivity contribution in [2.45, 2.75) is 12.5 Å². The number of carbonyl (C=O) groups excluding carboxylic acids is 1. The number of anilines is 1. The normalized spacial score (nSPS) is 15.6. The monoisotopic (exact) mass is 341 g/mol. The Hall–Kier alpha value is -2.44. The van der Waals surface area contributed by atoms with Crippen LogP contribution in [0.2, 0.25) is 0 Å². The summed E-state index contributed by atoms with van der Waals surface area (Å²) in [5.74, 6) is -0.128. The number of morpholine rings is 1. The van der Waals surface area contributed by atoms with Crippen LogP contribution < -0.4 is 10.2 Å². The number of nitrogens with one attached hydrogen (secondary N) is 1. The Balaban J connectivity index is 1.49. The van der Waals surface area contributed by atoms with Crippen molar-refractivity contribution >= 4 is 11.6 Å². The van der Waals surface area contributed by atoms with Gasteiger partial charge >= 0.3 is 0 Å². The Morgan fingerprint density at radius 1 is 1.24 bits per heavy atom. The van der Waals surface area contributed by atoms with Gasteiger partial charge in [-0.3, -0.25) is 9.78 Å². The van der Waals surface area contributed by atoms with E-state index in [-0.39, 0.29) is 18.9 Å². The maximum Gasteiger partial charge on any atom is 0.224 e. The Kier molecular flexibility index (Phi) is 5.98. The molecule has 1 aliphatic rings. The summed E-state index contributed by atoms with van der Waals surface area (Å²) < 4.78 is 5.35. The van der Waals surface area contributed by atoms with Crippen LogP contribution in [0.3, 0.4) is 0 Å². The number of ether oxygens (including phenoxy) is 1. The summed E-state index contributed by atoms with van der Waals surface area (Å²) >= 11 is 0. The van der Waals surface area contributed by atoms with E-state index in [1.807, 2.05) is 30.3 Å².